The van der Waals surface area contributed by atoms with Crippen LogP contribution < -0.4 is 5.32 Å². The minimum absolute atomic E-state index is 0.391. The minimum atomic E-state index is 0.391. The second-order valence-corrected chi connectivity index (χ2v) is 8.85. The van der Waals surface area contributed by atoms with Crippen molar-refractivity contribution in [3.63, 3.8) is 0 Å². The van der Waals surface area contributed by atoms with Gasteiger partial charge in [0.1, 0.15) is 0 Å². The highest BCUT2D eigenvalue weighted by Crippen LogP contribution is 2.39. The third kappa shape index (κ3) is 3.35. The van der Waals surface area contributed by atoms with Crippen molar-refractivity contribution in [2.24, 2.45) is 22.7 Å². The van der Waals surface area contributed by atoms with Crippen LogP contribution in [0.4, 0.5) is 0 Å². The highest BCUT2D eigenvalue weighted by atomic mass is 32.2. The molecule has 3 heteroatoms. The lowest BCUT2D eigenvalue weighted by Gasteiger charge is -2.36. The van der Waals surface area contributed by atoms with Crippen LogP contribution in [0.3, 0.4) is 0 Å². The summed E-state index contributed by atoms with van der Waals surface area (Å²) in [7, 11) is 0. The van der Waals surface area contributed by atoms with E-state index in [9.17, 15) is 0 Å². The Kier molecular flexibility index (Phi) is 4.35. The minimum Gasteiger partial charge on any atom is -0.359 e. The number of hydrogen-bond donors (Lipinski definition) is 1. The first-order valence-corrected chi connectivity index (χ1v) is 9.52. The first-order valence-electron chi connectivity index (χ1n) is 8.53. The van der Waals surface area contributed by atoms with Crippen molar-refractivity contribution in [3.05, 3.63) is 0 Å². The van der Waals surface area contributed by atoms with Crippen LogP contribution in [-0.4, -0.2) is 22.5 Å². The van der Waals surface area contributed by atoms with E-state index >= 15 is 0 Å². The molecule has 0 aromatic rings. The van der Waals surface area contributed by atoms with Crippen molar-refractivity contribution in [2.45, 2.75) is 77.3 Å². The summed E-state index contributed by atoms with van der Waals surface area (Å²) in [6, 6.07) is 0.571. The number of nitrogens with zero attached hydrogens (tertiary/aromatic N) is 1. The van der Waals surface area contributed by atoms with Gasteiger partial charge >= 0.3 is 0 Å². The summed E-state index contributed by atoms with van der Waals surface area (Å²) < 4.78 is 0. The summed E-state index contributed by atoms with van der Waals surface area (Å²) in [5.74, 6) is 3.87. The first-order chi connectivity index (χ1) is 9.55. The van der Waals surface area contributed by atoms with Crippen molar-refractivity contribution in [3.8, 4) is 0 Å². The molecule has 2 atom stereocenters. The summed E-state index contributed by atoms with van der Waals surface area (Å²) in [4.78, 5) is 5.07. The molecule has 1 N–H and O–H groups in total. The van der Waals surface area contributed by atoms with E-state index in [0.29, 0.717) is 11.6 Å². The van der Waals surface area contributed by atoms with Crippen LogP contribution >= 0.6 is 11.8 Å². The van der Waals surface area contributed by atoms with Gasteiger partial charge in [0.05, 0.1) is 6.04 Å². The summed E-state index contributed by atoms with van der Waals surface area (Å²) in [5, 5.41) is 5.07. The zero-order chi connectivity index (χ0) is 14.2. The van der Waals surface area contributed by atoms with E-state index in [1.807, 2.05) is 11.8 Å². The summed E-state index contributed by atoms with van der Waals surface area (Å²) >= 11 is 1.98. The van der Waals surface area contributed by atoms with E-state index in [2.05, 4.69) is 26.1 Å². The topological polar surface area (TPSA) is 24.4 Å². The quantitative estimate of drug-likeness (QED) is 0.772. The van der Waals surface area contributed by atoms with Gasteiger partial charge in [-0.25, -0.2) is 0 Å². The Morgan fingerprint density at radius 1 is 1.00 bits per heavy atom. The van der Waals surface area contributed by atoms with Crippen molar-refractivity contribution >= 4 is 16.9 Å². The standard InChI is InChI=1S/C17H30N2S/c1-12-4-6-17(7-5-12)11-20-16(19-17)18-15-9-13(2)8-14(3)10-15/h12-15H,4-11H2,1-3H3,(H,18,19). The van der Waals surface area contributed by atoms with Crippen LogP contribution in [0, 0.1) is 17.8 Å². The maximum absolute atomic E-state index is 5.07. The van der Waals surface area contributed by atoms with Gasteiger partial charge < -0.3 is 5.32 Å². The molecule has 1 aliphatic heterocycles. The molecule has 0 radical (unpaired) electrons. The fourth-order valence-electron chi connectivity index (χ4n) is 4.33. The molecule has 3 rings (SSSR count). The number of aliphatic imine (C=N–C) groups is 1. The highest BCUT2D eigenvalue weighted by Gasteiger charge is 2.40. The number of thioether (sulfide) groups is 1. The molecule has 114 valence electrons. The SMILES string of the molecule is CC1CCC2(CC1)CSC(=NC1CC(C)CC(C)C1)N2. The van der Waals surface area contributed by atoms with Gasteiger partial charge in [-0.05, 0) is 62.7 Å². The molecule has 0 amide bonds. The van der Waals surface area contributed by atoms with E-state index in [-0.39, 0.29) is 0 Å². The first kappa shape index (κ1) is 14.7. The predicted molar refractivity (Wildman–Crippen MR) is 89.4 cm³/mol. The molecule has 3 aliphatic rings. The van der Waals surface area contributed by atoms with Gasteiger partial charge in [-0.3, -0.25) is 4.99 Å². The third-order valence-electron chi connectivity index (χ3n) is 5.54. The molecule has 2 saturated carbocycles. The lowest BCUT2D eigenvalue weighted by Crippen LogP contribution is -2.46. The molecule has 0 bridgehead atoms. The maximum Gasteiger partial charge on any atom is 0.157 e. The van der Waals surface area contributed by atoms with Crippen LogP contribution in [0.15, 0.2) is 4.99 Å². The molecule has 2 aliphatic carbocycles. The summed E-state index contributed by atoms with van der Waals surface area (Å²) in [5.41, 5.74) is 0.391. The lowest BCUT2D eigenvalue weighted by molar-refractivity contribution is 0.249. The Morgan fingerprint density at radius 3 is 2.30 bits per heavy atom. The van der Waals surface area contributed by atoms with E-state index < -0.39 is 0 Å². The molecular formula is C17H30N2S. The maximum atomic E-state index is 5.07. The van der Waals surface area contributed by atoms with E-state index in [1.54, 1.807) is 0 Å². The average Bonchev–Trinajstić information content (AvgIpc) is 2.75. The van der Waals surface area contributed by atoms with Gasteiger partial charge in [0.2, 0.25) is 0 Å². The van der Waals surface area contributed by atoms with Crippen LogP contribution in [-0.2, 0) is 0 Å². The van der Waals surface area contributed by atoms with Gasteiger partial charge in [0.15, 0.2) is 5.17 Å². The number of amidine groups is 1. The van der Waals surface area contributed by atoms with Gasteiger partial charge in [-0.2, -0.15) is 0 Å². The zero-order valence-electron chi connectivity index (χ0n) is 13.3. The number of nitrogens with one attached hydrogen (secondary N) is 1. The molecule has 0 aromatic carbocycles. The molecular weight excluding hydrogens is 264 g/mol. The Bertz CT molecular complexity index is 361. The Hall–Kier alpha value is -0.180. The largest absolute Gasteiger partial charge is 0.359 e. The summed E-state index contributed by atoms with van der Waals surface area (Å²) in [6.07, 6.45) is 9.44. The Morgan fingerprint density at radius 2 is 1.65 bits per heavy atom. The fourth-order valence-corrected chi connectivity index (χ4v) is 5.62. The third-order valence-corrected chi connectivity index (χ3v) is 6.72. The Balaban J connectivity index is 1.60. The molecule has 20 heavy (non-hydrogen) atoms. The van der Waals surface area contributed by atoms with Gasteiger partial charge in [0.25, 0.3) is 0 Å². The van der Waals surface area contributed by atoms with E-state index in [0.717, 1.165) is 17.8 Å². The molecule has 1 saturated heterocycles. The molecule has 3 fully saturated rings. The number of hydrogen-bond acceptors (Lipinski definition) is 2. The summed E-state index contributed by atoms with van der Waals surface area (Å²) in [6.45, 7) is 7.18. The monoisotopic (exact) mass is 294 g/mol. The van der Waals surface area contributed by atoms with Gasteiger partial charge in [0, 0.05) is 11.3 Å². The lowest BCUT2D eigenvalue weighted by atomic mass is 9.78. The van der Waals surface area contributed by atoms with Crippen molar-refractivity contribution < 1.29 is 0 Å². The molecule has 2 unspecified atom stereocenters. The zero-order valence-corrected chi connectivity index (χ0v) is 14.1. The molecule has 1 spiro atoms. The molecule has 1 heterocycles. The second-order valence-electron chi connectivity index (χ2n) is 7.88. The van der Waals surface area contributed by atoms with E-state index in [1.165, 1.54) is 55.9 Å². The van der Waals surface area contributed by atoms with Crippen LogP contribution in [0.25, 0.3) is 0 Å². The van der Waals surface area contributed by atoms with Gasteiger partial charge in [-0.15, -0.1) is 0 Å². The van der Waals surface area contributed by atoms with Crippen LogP contribution in [0.2, 0.25) is 0 Å². The van der Waals surface area contributed by atoms with Crippen LogP contribution in [0.5, 0.6) is 0 Å². The average molecular weight is 295 g/mol. The highest BCUT2D eigenvalue weighted by molar-refractivity contribution is 8.14. The fraction of sp³-hybridized carbons (Fsp3) is 0.941. The second kappa shape index (κ2) is 5.90. The predicted octanol–water partition coefficient (Wildman–Crippen LogP) is 4.45. The molecule has 2 nitrogen and oxygen atoms in total. The number of rotatable bonds is 1. The van der Waals surface area contributed by atoms with Crippen molar-refractivity contribution in [1.82, 2.24) is 5.32 Å². The van der Waals surface area contributed by atoms with Crippen molar-refractivity contribution in [1.29, 1.82) is 0 Å². The normalized spacial score (nSPS) is 47.6. The van der Waals surface area contributed by atoms with E-state index in [4.69, 9.17) is 4.99 Å². The van der Waals surface area contributed by atoms with Gasteiger partial charge in [-0.1, -0.05) is 32.5 Å². The van der Waals surface area contributed by atoms with Crippen molar-refractivity contribution in [2.75, 3.05) is 5.75 Å². The Labute approximate surface area is 128 Å². The smallest absolute Gasteiger partial charge is 0.157 e. The molecule has 0 aromatic heterocycles. The van der Waals surface area contributed by atoms with Crippen LogP contribution in [0.1, 0.15) is 65.7 Å².